The van der Waals surface area contributed by atoms with E-state index in [1.807, 2.05) is 23.1 Å². The summed E-state index contributed by atoms with van der Waals surface area (Å²) >= 11 is 1.32. The van der Waals surface area contributed by atoms with Gasteiger partial charge in [-0.15, -0.1) is 11.3 Å². The Morgan fingerprint density at radius 2 is 2.12 bits per heavy atom. The molecule has 0 bridgehead atoms. The van der Waals surface area contributed by atoms with Crippen LogP contribution in [0.5, 0.6) is 5.75 Å². The fourth-order valence-corrected chi connectivity index (χ4v) is 4.37. The van der Waals surface area contributed by atoms with Crippen LogP contribution in [0.4, 0.5) is 5.95 Å². The molecule has 4 heterocycles. The number of carbonyl (C=O) groups excluding carboxylic acids is 2. The summed E-state index contributed by atoms with van der Waals surface area (Å²) in [4.78, 5) is 33.6. The number of amides is 1. The van der Waals surface area contributed by atoms with Gasteiger partial charge in [0.05, 0.1) is 16.8 Å². The van der Waals surface area contributed by atoms with E-state index in [4.69, 9.17) is 10.5 Å². The molecule has 1 amide bonds. The number of anilines is 1. The molecule has 1 aliphatic rings. The van der Waals surface area contributed by atoms with Crippen LogP contribution in [0, 0.1) is 11.8 Å². The highest BCUT2D eigenvalue weighted by Crippen LogP contribution is 2.28. The highest BCUT2D eigenvalue weighted by molar-refractivity contribution is 7.12. The van der Waals surface area contributed by atoms with E-state index in [9.17, 15) is 9.59 Å². The van der Waals surface area contributed by atoms with E-state index in [-0.39, 0.29) is 11.9 Å². The number of nitrogens with two attached hydrogens (primary N) is 1. The molecule has 34 heavy (non-hydrogen) atoms. The lowest BCUT2D eigenvalue weighted by Crippen LogP contribution is -2.31. The molecule has 0 unspecified atom stereocenters. The molecule has 1 aromatic carbocycles. The summed E-state index contributed by atoms with van der Waals surface area (Å²) in [5.41, 5.74) is 9.94. The van der Waals surface area contributed by atoms with E-state index >= 15 is 0 Å². The van der Waals surface area contributed by atoms with Gasteiger partial charge in [-0.3, -0.25) is 4.79 Å². The number of ether oxygens (including phenoxy) is 1. The molecule has 9 heteroatoms. The number of fused-ring (bicyclic) bond motifs is 1. The fourth-order valence-electron chi connectivity index (χ4n) is 3.77. The number of hydrogen-bond acceptors (Lipinski definition) is 7. The number of thiophene rings is 1. The van der Waals surface area contributed by atoms with Crippen molar-refractivity contribution in [3.05, 3.63) is 81.3 Å². The minimum atomic E-state index is -0.411. The van der Waals surface area contributed by atoms with Crippen molar-refractivity contribution in [2.24, 2.45) is 7.05 Å². The number of hydrogen-bond donors (Lipinski definition) is 2. The number of esters is 1. The summed E-state index contributed by atoms with van der Waals surface area (Å²) < 4.78 is 7.40. The van der Waals surface area contributed by atoms with Crippen molar-refractivity contribution in [3.8, 4) is 29.0 Å². The van der Waals surface area contributed by atoms with Gasteiger partial charge in [0.25, 0.3) is 5.91 Å². The van der Waals surface area contributed by atoms with E-state index in [0.717, 1.165) is 17.8 Å². The monoisotopic (exact) mass is 469 g/mol. The Hall–Kier alpha value is -4.42. The molecule has 4 aromatic rings. The standard InChI is InChI=1S/C25H19N5O3S/c1-30-19-9-10-27-23(31)18(19)13-20(30)22-16(14-28-25(26)29-22)8-7-15-4-2-5-17(12-15)33-24(32)21-6-3-11-34-21/h2-6,11-14H,9-10H2,1H3,(H,27,31)(H2,26,28,29). The summed E-state index contributed by atoms with van der Waals surface area (Å²) in [5.74, 6) is 6.18. The minimum absolute atomic E-state index is 0.105. The van der Waals surface area contributed by atoms with Gasteiger partial charge in [0.2, 0.25) is 5.95 Å². The Morgan fingerprint density at radius 3 is 2.91 bits per heavy atom. The van der Waals surface area contributed by atoms with E-state index in [0.29, 0.717) is 39.6 Å². The SMILES string of the molecule is Cn1c(-c2nc(N)ncc2C#Cc2cccc(OC(=O)c3cccs3)c2)cc2c1CCNC2=O. The second-order valence-electron chi connectivity index (χ2n) is 7.59. The quantitative estimate of drug-likeness (QED) is 0.271. The normalized spacial score (nSPS) is 12.3. The third-order valence-corrected chi connectivity index (χ3v) is 6.26. The summed E-state index contributed by atoms with van der Waals surface area (Å²) in [7, 11) is 1.90. The van der Waals surface area contributed by atoms with Crippen LogP contribution in [0.2, 0.25) is 0 Å². The van der Waals surface area contributed by atoms with Crippen molar-refractivity contribution in [3.63, 3.8) is 0 Å². The lowest BCUT2D eigenvalue weighted by atomic mass is 10.1. The Labute approximate surface area is 199 Å². The molecular formula is C25H19N5O3S. The second kappa shape index (κ2) is 8.84. The summed E-state index contributed by atoms with van der Waals surface area (Å²) in [6.45, 7) is 0.592. The van der Waals surface area contributed by atoms with Crippen LogP contribution in [0.3, 0.4) is 0 Å². The van der Waals surface area contributed by atoms with Crippen LogP contribution in [0.1, 0.15) is 36.9 Å². The van der Waals surface area contributed by atoms with E-state index < -0.39 is 5.97 Å². The first-order chi connectivity index (χ1) is 16.5. The van der Waals surface area contributed by atoms with Crippen LogP contribution in [0.15, 0.2) is 54.0 Å². The van der Waals surface area contributed by atoms with E-state index in [2.05, 4.69) is 27.1 Å². The zero-order chi connectivity index (χ0) is 23.7. The number of nitrogen functional groups attached to an aromatic ring is 1. The number of carbonyl (C=O) groups is 2. The number of nitrogens with zero attached hydrogens (tertiary/aromatic N) is 3. The molecule has 0 saturated heterocycles. The molecule has 1 aliphatic heterocycles. The lowest BCUT2D eigenvalue weighted by molar-refractivity contribution is 0.0739. The van der Waals surface area contributed by atoms with Gasteiger partial charge in [0.1, 0.15) is 16.3 Å². The summed E-state index contributed by atoms with van der Waals surface area (Å²) in [6.07, 6.45) is 2.30. The first kappa shape index (κ1) is 21.4. The first-order valence-corrected chi connectivity index (χ1v) is 11.3. The maximum atomic E-state index is 12.3. The Kier molecular flexibility index (Phi) is 5.57. The van der Waals surface area contributed by atoms with Crippen LogP contribution in [0.25, 0.3) is 11.4 Å². The van der Waals surface area contributed by atoms with Crippen molar-refractivity contribution < 1.29 is 14.3 Å². The van der Waals surface area contributed by atoms with Gasteiger partial charge >= 0.3 is 5.97 Å². The van der Waals surface area contributed by atoms with Gasteiger partial charge in [0, 0.05) is 37.5 Å². The fraction of sp³-hybridized carbons (Fsp3) is 0.120. The van der Waals surface area contributed by atoms with Crippen LogP contribution in [-0.4, -0.2) is 33.0 Å². The Balaban J connectivity index is 1.47. The molecule has 0 fully saturated rings. The van der Waals surface area contributed by atoms with E-state index in [1.165, 1.54) is 11.3 Å². The maximum Gasteiger partial charge on any atom is 0.353 e. The third kappa shape index (κ3) is 4.14. The molecule has 168 valence electrons. The minimum Gasteiger partial charge on any atom is -0.422 e. The largest absolute Gasteiger partial charge is 0.422 e. The molecule has 0 aliphatic carbocycles. The van der Waals surface area contributed by atoms with E-state index in [1.54, 1.807) is 42.6 Å². The molecule has 0 saturated carbocycles. The average Bonchev–Trinajstić information content (AvgIpc) is 3.48. The van der Waals surface area contributed by atoms with Crippen molar-refractivity contribution in [1.82, 2.24) is 19.9 Å². The van der Waals surface area contributed by atoms with Crippen LogP contribution >= 0.6 is 11.3 Å². The smallest absolute Gasteiger partial charge is 0.353 e. The first-order valence-electron chi connectivity index (χ1n) is 10.5. The zero-order valence-corrected chi connectivity index (χ0v) is 19.0. The summed E-state index contributed by atoms with van der Waals surface area (Å²) in [5, 5.41) is 4.68. The number of aromatic nitrogens is 3. The topological polar surface area (TPSA) is 112 Å². The van der Waals surface area contributed by atoms with Gasteiger partial charge in [-0.2, -0.15) is 0 Å². The number of rotatable bonds is 3. The lowest BCUT2D eigenvalue weighted by Gasteiger charge is -2.14. The number of nitrogens with one attached hydrogen (secondary N) is 1. The summed E-state index contributed by atoms with van der Waals surface area (Å²) in [6, 6.07) is 12.3. The van der Waals surface area contributed by atoms with Crippen molar-refractivity contribution in [2.75, 3.05) is 12.3 Å². The van der Waals surface area contributed by atoms with Crippen LogP contribution in [-0.2, 0) is 13.5 Å². The highest BCUT2D eigenvalue weighted by atomic mass is 32.1. The molecule has 0 radical (unpaired) electrons. The van der Waals surface area contributed by atoms with Gasteiger partial charge in [0.15, 0.2) is 0 Å². The molecule has 0 spiro atoms. The van der Waals surface area contributed by atoms with Crippen LogP contribution < -0.4 is 15.8 Å². The van der Waals surface area contributed by atoms with Gasteiger partial charge in [-0.05, 0) is 35.7 Å². The average molecular weight is 470 g/mol. The van der Waals surface area contributed by atoms with Gasteiger partial charge < -0.3 is 20.4 Å². The third-order valence-electron chi connectivity index (χ3n) is 5.41. The van der Waals surface area contributed by atoms with Crippen molar-refractivity contribution in [2.45, 2.75) is 6.42 Å². The van der Waals surface area contributed by atoms with Crippen molar-refractivity contribution >= 4 is 29.2 Å². The van der Waals surface area contributed by atoms with Gasteiger partial charge in [-0.1, -0.05) is 24.0 Å². The zero-order valence-electron chi connectivity index (χ0n) is 18.2. The molecular weight excluding hydrogens is 450 g/mol. The predicted octanol–water partition coefficient (Wildman–Crippen LogP) is 3.03. The number of benzene rings is 1. The Bertz CT molecular complexity index is 1480. The predicted molar refractivity (Wildman–Crippen MR) is 129 cm³/mol. The molecule has 5 rings (SSSR count). The highest BCUT2D eigenvalue weighted by Gasteiger charge is 2.24. The second-order valence-corrected chi connectivity index (χ2v) is 8.54. The maximum absolute atomic E-state index is 12.3. The molecule has 3 N–H and O–H groups in total. The van der Waals surface area contributed by atoms with Crippen molar-refractivity contribution in [1.29, 1.82) is 0 Å². The molecule has 8 nitrogen and oxygen atoms in total. The van der Waals surface area contributed by atoms with Gasteiger partial charge in [-0.25, -0.2) is 14.8 Å². The Morgan fingerprint density at radius 1 is 1.24 bits per heavy atom. The molecule has 0 atom stereocenters. The molecule has 3 aromatic heterocycles.